The summed E-state index contributed by atoms with van der Waals surface area (Å²) in [6, 6.07) is 6.99. The van der Waals surface area contributed by atoms with Crippen molar-refractivity contribution in [3.05, 3.63) is 51.5 Å². The van der Waals surface area contributed by atoms with Gasteiger partial charge in [-0.15, -0.1) is 0 Å². The molecule has 0 amide bonds. The molecule has 0 saturated carbocycles. The highest BCUT2D eigenvalue weighted by molar-refractivity contribution is 6.33. The lowest BCUT2D eigenvalue weighted by Gasteiger charge is -2.22. The van der Waals surface area contributed by atoms with Crippen molar-refractivity contribution in [3.8, 4) is 17.2 Å². The molecule has 1 atom stereocenters. The summed E-state index contributed by atoms with van der Waals surface area (Å²) in [5.74, 6) is -0.240. The molecule has 0 aromatic heterocycles. The molecule has 0 aliphatic carbocycles. The molecule has 0 radical (unpaired) electrons. The van der Waals surface area contributed by atoms with Crippen LogP contribution in [0.4, 0.5) is 0 Å². The van der Waals surface area contributed by atoms with Crippen LogP contribution < -0.4 is 5.32 Å². The van der Waals surface area contributed by atoms with Crippen molar-refractivity contribution in [1.29, 1.82) is 0 Å². The zero-order valence-electron chi connectivity index (χ0n) is 12.2. The number of rotatable bonds is 1. The summed E-state index contributed by atoms with van der Waals surface area (Å²) in [5, 5.41) is 33.2. The van der Waals surface area contributed by atoms with Crippen molar-refractivity contribution in [3.63, 3.8) is 0 Å². The minimum Gasteiger partial charge on any atom is -0.508 e. The molecule has 3 rings (SSSR count). The van der Waals surface area contributed by atoms with Gasteiger partial charge < -0.3 is 20.6 Å². The van der Waals surface area contributed by atoms with Crippen molar-refractivity contribution in [1.82, 2.24) is 5.32 Å². The predicted molar refractivity (Wildman–Crippen MR) is 86.0 cm³/mol. The van der Waals surface area contributed by atoms with Gasteiger partial charge in [-0.25, -0.2) is 0 Å². The fourth-order valence-corrected chi connectivity index (χ4v) is 3.46. The van der Waals surface area contributed by atoms with E-state index in [4.69, 9.17) is 11.6 Å². The summed E-state index contributed by atoms with van der Waals surface area (Å²) in [5.41, 5.74) is 3.50. The minimum atomic E-state index is -0.261. The van der Waals surface area contributed by atoms with Crippen LogP contribution in [0.1, 0.15) is 28.2 Å². The number of phenolic OH excluding ortho intramolecular Hbond substituents is 3. The molecular formula is C17H18ClNO3. The molecule has 5 heteroatoms. The van der Waals surface area contributed by atoms with Crippen molar-refractivity contribution in [2.24, 2.45) is 0 Å². The predicted octanol–water partition coefficient (Wildman–Crippen LogP) is 3.04. The average Bonchev–Trinajstić information content (AvgIpc) is 2.74. The summed E-state index contributed by atoms with van der Waals surface area (Å²) < 4.78 is 0. The second-order valence-corrected chi connectivity index (χ2v) is 6.00. The van der Waals surface area contributed by atoms with E-state index in [1.807, 2.05) is 12.1 Å². The molecule has 0 spiro atoms. The van der Waals surface area contributed by atoms with E-state index in [-0.39, 0.29) is 28.2 Å². The van der Waals surface area contributed by atoms with Crippen molar-refractivity contribution >= 4 is 11.6 Å². The van der Waals surface area contributed by atoms with Crippen LogP contribution in [-0.4, -0.2) is 28.4 Å². The molecular weight excluding hydrogens is 302 g/mol. The summed E-state index contributed by atoms with van der Waals surface area (Å²) in [6.07, 6.45) is 0.739. The van der Waals surface area contributed by atoms with Crippen LogP contribution >= 0.6 is 11.6 Å². The van der Waals surface area contributed by atoms with E-state index < -0.39 is 0 Å². The van der Waals surface area contributed by atoms with E-state index in [2.05, 4.69) is 5.32 Å². The number of fused-ring (bicyclic) bond motifs is 1. The molecule has 1 unspecified atom stereocenters. The van der Waals surface area contributed by atoms with E-state index in [1.54, 1.807) is 19.1 Å². The second-order valence-electron chi connectivity index (χ2n) is 5.63. The molecule has 22 heavy (non-hydrogen) atoms. The molecule has 2 aromatic rings. The number of hydrogen-bond acceptors (Lipinski definition) is 4. The molecule has 1 aliphatic rings. The largest absolute Gasteiger partial charge is 0.508 e. The Hall–Kier alpha value is -1.91. The molecule has 2 aromatic carbocycles. The van der Waals surface area contributed by atoms with Crippen LogP contribution in [0.15, 0.2) is 24.3 Å². The highest BCUT2D eigenvalue weighted by Crippen LogP contribution is 2.46. The highest BCUT2D eigenvalue weighted by Gasteiger charge is 2.28. The topological polar surface area (TPSA) is 72.7 Å². The van der Waals surface area contributed by atoms with Crippen LogP contribution in [-0.2, 0) is 6.42 Å². The number of hydrogen-bond donors (Lipinski definition) is 4. The summed E-state index contributed by atoms with van der Waals surface area (Å²) in [7, 11) is 0. The Kier molecular flexibility index (Phi) is 3.89. The fourth-order valence-electron chi connectivity index (χ4n) is 3.12. The zero-order valence-corrected chi connectivity index (χ0v) is 13.0. The number of benzene rings is 2. The normalized spacial score (nSPS) is 17.8. The molecule has 4 N–H and O–H groups in total. The number of aromatic hydroxyl groups is 3. The highest BCUT2D eigenvalue weighted by atomic mass is 35.5. The van der Waals surface area contributed by atoms with Crippen LogP contribution in [0.2, 0.25) is 5.02 Å². The number of halogens is 1. The first kappa shape index (κ1) is 15.0. The third-order valence-electron chi connectivity index (χ3n) is 4.35. The Morgan fingerprint density at radius 3 is 2.45 bits per heavy atom. The molecule has 1 heterocycles. The van der Waals surface area contributed by atoms with Gasteiger partial charge in [-0.05, 0) is 54.3 Å². The molecule has 116 valence electrons. The van der Waals surface area contributed by atoms with Crippen LogP contribution in [0, 0.1) is 6.92 Å². The number of phenols is 3. The van der Waals surface area contributed by atoms with Gasteiger partial charge in [-0.1, -0.05) is 23.7 Å². The van der Waals surface area contributed by atoms with Gasteiger partial charge in [0.25, 0.3) is 0 Å². The molecule has 0 fully saturated rings. The van der Waals surface area contributed by atoms with Crippen LogP contribution in [0.25, 0.3) is 0 Å². The van der Waals surface area contributed by atoms with Gasteiger partial charge in [-0.2, -0.15) is 0 Å². The molecule has 1 aliphatic heterocycles. The molecule has 4 nitrogen and oxygen atoms in total. The Morgan fingerprint density at radius 1 is 1.09 bits per heavy atom. The monoisotopic (exact) mass is 319 g/mol. The zero-order chi connectivity index (χ0) is 15.9. The van der Waals surface area contributed by atoms with Gasteiger partial charge in [0.2, 0.25) is 0 Å². The second kappa shape index (κ2) is 5.71. The van der Waals surface area contributed by atoms with Gasteiger partial charge in [-0.3, -0.25) is 0 Å². The smallest absolute Gasteiger partial charge is 0.177 e. The first-order chi connectivity index (χ1) is 10.5. The minimum absolute atomic E-state index is 0.0456. The van der Waals surface area contributed by atoms with Gasteiger partial charge >= 0.3 is 0 Å². The van der Waals surface area contributed by atoms with Gasteiger partial charge in [0.1, 0.15) is 5.75 Å². The van der Waals surface area contributed by atoms with E-state index in [9.17, 15) is 15.3 Å². The van der Waals surface area contributed by atoms with Gasteiger partial charge in [0, 0.05) is 12.5 Å². The lowest BCUT2D eigenvalue weighted by Crippen LogP contribution is -2.21. The average molecular weight is 320 g/mol. The fraction of sp³-hybridized carbons (Fsp3) is 0.294. The third kappa shape index (κ3) is 2.38. The summed E-state index contributed by atoms with van der Waals surface area (Å²) >= 11 is 6.35. The van der Waals surface area contributed by atoms with Crippen molar-refractivity contribution in [2.45, 2.75) is 19.3 Å². The van der Waals surface area contributed by atoms with Crippen LogP contribution in [0.3, 0.4) is 0 Å². The maximum absolute atomic E-state index is 10.1. The van der Waals surface area contributed by atoms with Gasteiger partial charge in [0.05, 0.1) is 5.02 Å². The van der Waals surface area contributed by atoms with E-state index in [1.165, 1.54) is 0 Å². The Balaban J connectivity index is 2.22. The molecule has 0 saturated heterocycles. The maximum atomic E-state index is 10.1. The van der Waals surface area contributed by atoms with Crippen LogP contribution in [0.5, 0.6) is 17.2 Å². The maximum Gasteiger partial charge on any atom is 0.177 e. The standard InChI is InChI=1S/C17H18ClNO3/c1-9-12-6-7-19-8-13(10-2-4-11(20)5-3-10)14(12)15(18)17(22)16(9)21/h2-5,13,19-22H,6-8H2,1H3. The van der Waals surface area contributed by atoms with Gasteiger partial charge in [0.15, 0.2) is 11.5 Å². The summed E-state index contributed by atoms with van der Waals surface area (Å²) in [6.45, 7) is 3.26. The Labute approximate surface area is 134 Å². The lowest BCUT2D eigenvalue weighted by atomic mass is 9.85. The summed E-state index contributed by atoms with van der Waals surface area (Å²) in [4.78, 5) is 0. The first-order valence-corrected chi connectivity index (χ1v) is 7.61. The van der Waals surface area contributed by atoms with E-state index >= 15 is 0 Å². The SMILES string of the molecule is Cc1c(O)c(O)c(Cl)c2c1CCNCC2c1ccc(O)cc1. The quantitative estimate of drug-likeness (QED) is 0.610. The Bertz CT molecular complexity index is 713. The lowest BCUT2D eigenvalue weighted by molar-refractivity contribution is 0.400. The van der Waals surface area contributed by atoms with E-state index in [0.29, 0.717) is 12.1 Å². The third-order valence-corrected chi connectivity index (χ3v) is 4.73. The first-order valence-electron chi connectivity index (χ1n) is 7.23. The van der Waals surface area contributed by atoms with Crippen molar-refractivity contribution in [2.75, 3.05) is 13.1 Å². The molecule has 0 bridgehead atoms. The van der Waals surface area contributed by atoms with Crippen molar-refractivity contribution < 1.29 is 15.3 Å². The number of nitrogens with one attached hydrogen (secondary N) is 1. The van der Waals surface area contributed by atoms with E-state index in [0.717, 1.165) is 29.7 Å². The Morgan fingerprint density at radius 2 is 1.77 bits per heavy atom.